The highest BCUT2D eigenvalue weighted by molar-refractivity contribution is 5.94. The number of ether oxygens (including phenoxy) is 1. The first-order chi connectivity index (χ1) is 27.7. The minimum Gasteiger partial charge on any atom is -0.457 e. The summed E-state index contributed by atoms with van der Waals surface area (Å²) >= 11 is 0. The normalized spacial score (nSPS) is 13.3. The molecule has 1 aliphatic heterocycles. The van der Waals surface area contributed by atoms with Crippen LogP contribution in [0.1, 0.15) is 22.3 Å². The van der Waals surface area contributed by atoms with Crippen molar-refractivity contribution in [3.8, 4) is 67.8 Å². The number of para-hydroxylation sites is 6. The Morgan fingerprint density at radius 2 is 0.804 bits per heavy atom. The molecule has 262 valence electrons. The molecule has 0 saturated carbocycles. The largest absolute Gasteiger partial charge is 0.457 e. The number of fused-ring (bicyclic) bond motifs is 11. The third-order valence-electron chi connectivity index (χ3n) is 11.4. The van der Waals surface area contributed by atoms with E-state index in [0.717, 1.165) is 78.2 Å². The molecule has 0 unspecified atom stereocenters. The van der Waals surface area contributed by atoms with Gasteiger partial charge in [0.15, 0.2) is 11.2 Å². The zero-order valence-electron chi connectivity index (χ0n) is 29.9. The maximum absolute atomic E-state index is 6.55. The van der Waals surface area contributed by atoms with Crippen molar-refractivity contribution < 1.29 is 13.6 Å². The van der Waals surface area contributed by atoms with Gasteiger partial charge in [-0.2, -0.15) is 0 Å². The van der Waals surface area contributed by atoms with E-state index in [1.54, 1.807) is 0 Å². The topological polar surface area (TPSA) is 61.3 Å². The second-order valence-electron chi connectivity index (χ2n) is 14.5. The van der Waals surface area contributed by atoms with Crippen LogP contribution in [0.3, 0.4) is 0 Å². The van der Waals surface area contributed by atoms with Gasteiger partial charge in [-0.05, 0) is 105 Å². The molecule has 3 heterocycles. The molecule has 0 atom stereocenters. The number of oxazole rings is 2. The van der Waals surface area contributed by atoms with E-state index < -0.39 is 5.41 Å². The Bertz CT molecular complexity index is 3000. The standard InChI is InChI=1S/C51H30N2O3/c1-2-14-36(32-27-33(49-52-43-19-7-11-23-47(43)55-49)29-34(28-32)50-53-44-20-8-12-24-48(44)56-50)35(13-1)31-25-26-40-38(30-31)37-15-3-4-16-39(37)51(40)41-17-5-9-21-45(41)54-46-22-10-6-18-42(46)51/h1-30H. The lowest BCUT2D eigenvalue weighted by atomic mass is 9.66. The van der Waals surface area contributed by atoms with E-state index in [0.29, 0.717) is 11.8 Å². The number of aromatic nitrogens is 2. The van der Waals surface area contributed by atoms with Crippen LogP contribution in [-0.2, 0) is 5.41 Å². The van der Waals surface area contributed by atoms with Crippen molar-refractivity contribution in [3.63, 3.8) is 0 Å². The predicted molar refractivity (Wildman–Crippen MR) is 221 cm³/mol. The number of nitrogens with zero attached hydrogens (tertiary/aromatic N) is 2. The average molecular weight is 719 g/mol. The van der Waals surface area contributed by atoms with Gasteiger partial charge in [0.05, 0.1) is 5.41 Å². The van der Waals surface area contributed by atoms with Crippen molar-refractivity contribution in [1.82, 2.24) is 9.97 Å². The van der Waals surface area contributed by atoms with Crippen LogP contribution in [0.5, 0.6) is 11.5 Å². The van der Waals surface area contributed by atoms with Gasteiger partial charge in [-0.25, -0.2) is 9.97 Å². The lowest BCUT2D eigenvalue weighted by molar-refractivity contribution is 0.436. The molecule has 12 rings (SSSR count). The van der Waals surface area contributed by atoms with Crippen LogP contribution in [0.15, 0.2) is 191 Å². The Labute approximate surface area is 322 Å². The van der Waals surface area contributed by atoms with Crippen molar-refractivity contribution in [1.29, 1.82) is 0 Å². The van der Waals surface area contributed by atoms with Crippen LogP contribution in [0.25, 0.3) is 78.5 Å². The van der Waals surface area contributed by atoms with E-state index >= 15 is 0 Å². The first-order valence-electron chi connectivity index (χ1n) is 18.8. The Morgan fingerprint density at radius 3 is 1.41 bits per heavy atom. The Hall–Kier alpha value is -7.50. The second-order valence-corrected chi connectivity index (χ2v) is 14.5. The van der Waals surface area contributed by atoms with Crippen molar-refractivity contribution in [2.75, 3.05) is 0 Å². The first-order valence-corrected chi connectivity index (χ1v) is 18.8. The first kappa shape index (κ1) is 30.9. The molecule has 8 aromatic carbocycles. The second kappa shape index (κ2) is 11.7. The van der Waals surface area contributed by atoms with Crippen LogP contribution < -0.4 is 4.74 Å². The summed E-state index contributed by atoms with van der Waals surface area (Å²) in [5, 5.41) is 0. The number of hydrogen-bond acceptors (Lipinski definition) is 5. The minimum atomic E-state index is -0.516. The van der Waals surface area contributed by atoms with Crippen LogP contribution in [-0.4, -0.2) is 9.97 Å². The summed E-state index contributed by atoms with van der Waals surface area (Å²) in [5.41, 5.74) is 15.8. The quantitative estimate of drug-likeness (QED) is 0.181. The molecule has 0 bridgehead atoms. The molecular weight excluding hydrogens is 689 g/mol. The van der Waals surface area contributed by atoms with Crippen LogP contribution >= 0.6 is 0 Å². The zero-order chi connectivity index (χ0) is 36.8. The predicted octanol–water partition coefficient (Wildman–Crippen LogP) is 13.1. The summed E-state index contributed by atoms with van der Waals surface area (Å²) in [7, 11) is 0. The van der Waals surface area contributed by atoms with E-state index in [2.05, 4.69) is 133 Å². The van der Waals surface area contributed by atoms with Crippen LogP contribution in [0.4, 0.5) is 0 Å². The van der Waals surface area contributed by atoms with Gasteiger partial charge in [0, 0.05) is 22.3 Å². The maximum atomic E-state index is 6.55. The summed E-state index contributed by atoms with van der Waals surface area (Å²) in [5.74, 6) is 2.85. The smallest absolute Gasteiger partial charge is 0.227 e. The van der Waals surface area contributed by atoms with Gasteiger partial charge in [-0.3, -0.25) is 0 Å². The molecule has 56 heavy (non-hydrogen) atoms. The van der Waals surface area contributed by atoms with E-state index in [1.165, 1.54) is 22.3 Å². The van der Waals surface area contributed by atoms with Crippen LogP contribution in [0.2, 0.25) is 0 Å². The highest BCUT2D eigenvalue weighted by Crippen LogP contribution is 2.62. The van der Waals surface area contributed by atoms with Gasteiger partial charge in [0.25, 0.3) is 0 Å². The van der Waals surface area contributed by atoms with E-state index in [4.69, 9.17) is 23.5 Å². The molecule has 5 nitrogen and oxygen atoms in total. The molecule has 5 heteroatoms. The highest BCUT2D eigenvalue weighted by atomic mass is 16.5. The Balaban J connectivity index is 1.06. The van der Waals surface area contributed by atoms with E-state index in [1.807, 2.05) is 48.5 Å². The number of rotatable bonds is 4. The lowest BCUT2D eigenvalue weighted by Crippen LogP contribution is -2.32. The monoisotopic (exact) mass is 718 g/mol. The zero-order valence-corrected chi connectivity index (χ0v) is 29.9. The summed E-state index contributed by atoms with van der Waals surface area (Å²) in [6.45, 7) is 0. The van der Waals surface area contributed by atoms with Gasteiger partial charge in [0.1, 0.15) is 22.5 Å². The van der Waals surface area contributed by atoms with Crippen molar-refractivity contribution in [2.24, 2.45) is 0 Å². The Kier molecular flexibility index (Phi) is 6.48. The number of hydrogen-bond donors (Lipinski definition) is 0. The van der Waals surface area contributed by atoms with Crippen molar-refractivity contribution in [2.45, 2.75) is 5.41 Å². The van der Waals surface area contributed by atoms with Gasteiger partial charge in [-0.15, -0.1) is 0 Å². The molecule has 0 amide bonds. The molecule has 0 fully saturated rings. The third-order valence-corrected chi connectivity index (χ3v) is 11.4. The summed E-state index contributed by atoms with van der Waals surface area (Å²) < 4.78 is 19.2. The van der Waals surface area contributed by atoms with E-state index in [-0.39, 0.29) is 0 Å². The minimum absolute atomic E-state index is 0.516. The highest BCUT2D eigenvalue weighted by Gasteiger charge is 2.50. The van der Waals surface area contributed by atoms with E-state index in [9.17, 15) is 0 Å². The van der Waals surface area contributed by atoms with Gasteiger partial charge < -0.3 is 13.6 Å². The molecule has 0 saturated heterocycles. The fourth-order valence-electron chi connectivity index (χ4n) is 9.03. The summed E-state index contributed by atoms with van der Waals surface area (Å²) in [6, 6.07) is 63.4. The van der Waals surface area contributed by atoms with Crippen molar-refractivity contribution >= 4 is 22.2 Å². The third kappa shape index (κ3) is 4.42. The van der Waals surface area contributed by atoms with Gasteiger partial charge in [0.2, 0.25) is 11.8 Å². The van der Waals surface area contributed by atoms with Gasteiger partial charge >= 0.3 is 0 Å². The molecular formula is C51H30N2O3. The lowest BCUT2D eigenvalue weighted by Gasteiger charge is -2.39. The molecule has 10 aromatic rings. The van der Waals surface area contributed by atoms with Gasteiger partial charge in [-0.1, -0.05) is 121 Å². The number of benzene rings is 8. The maximum Gasteiger partial charge on any atom is 0.227 e. The molecule has 1 spiro atoms. The molecule has 2 aromatic heterocycles. The Morgan fingerprint density at radius 1 is 0.339 bits per heavy atom. The SMILES string of the molecule is c1ccc2c(c1)Oc1ccccc1C21c2ccccc2-c2cc(-c3ccccc3-c3cc(-c4nc5ccccc5o4)cc(-c4nc5ccccc5o4)c3)ccc21. The molecule has 2 aliphatic rings. The fourth-order valence-corrected chi connectivity index (χ4v) is 9.03. The molecule has 0 radical (unpaired) electrons. The summed E-state index contributed by atoms with van der Waals surface area (Å²) in [6.07, 6.45) is 0. The fraction of sp³-hybridized carbons (Fsp3) is 0.0196. The van der Waals surface area contributed by atoms with Crippen molar-refractivity contribution in [3.05, 3.63) is 204 Å². The summed E-state index contributed by atoms with van der Waals surface area (Å²) in [4.78, 5) is 9.77. The average Bonchev–Trinajstić information content (AvgIpc) is 3.97. The molecule has 0 N–H and O–H groups in total. The molecule has 1 aliphatic carbocycles. The van der Waals surface area contributed by atoms with Crippen LogP contribution in [0, 0.1) is 0 Å².